The molecule has 0 bridgehead atoms. The van der Waals surface area contributed by atoms with E-state index in [0.717, 1.165) is 42.5 Å². The number of hydrogen-bond acceptors (Lipinski definition) is 2. The quantitative estimate of drug-likeness (QED) is 0.791. The minimum atomic E-state index is -4.97. The molecule has 0 saturated carbocycles. The summed E-state index contributed by atoms with van der Waals surface area (Å²) in [5.41, 5.74) is -2.01. The van der Waals surface area contributed by atoms with Crippen molar-refractivity contribution in [3.05, 3.63) is 48.0 Å². The maximum atomic E-state index is 13.0. The molecule has 0 aromatic heterocycles. The normalized spacial score (nSPS) is 12.3. The van der Waals surface area contributed by atoms with E-state index in [4.69, 9.17) is 0 Å². The zero-order valence-electron chi connectivity index (χ0n) is 10.7. The van der Waals surface area contributed by atoms with Crippen LogP contribution < -0.4 is 4.74 Å². The fraction of sp³-hybridized carbons (Fsp3) is 0.143. The fourth-order valence-electron chi connectivity index (χ4n) is 1.93. The van der Waals surface area contributed by atoms with Gasteiger partial charge in [-0.05, 0) is 29.8 Å². The van der Waals surface area contributed by atoms with Crippen molar-refractivity contribution in [1.29, 1.82) is 0 Å². The molecule has 2 nitrogen and oxygen atoms in total. The van der Waals surface area contributed by atoms with E-state index >= 15 is 0 Å². The van der Waals surface area contributed by atoms with Crippen molar-refractivity contribution >= 4 is 0 Å². The third-order valence-corrected chi connectivity index (χ3v) is 2.70. The second-order valence-electron chi connectivity index (χ2n) is 4.27. The van der Waals surface area contributed by atoms with Gasteiger partial charge in [0.2, 0.25) is 0 Å². The van der Waals surface area contributed by atoms with Crippen molar-refractivity contribution in [1.82, 2.24) is 0 Å². The standard InChI is InChI=1S/C14H8F6O2/c15-13(16,17)10-5-2-6-11(21)12(10)8-3-1-4-9(7-8)22-14(18,19)20/h1-7,21H. The maximum Gasteiger partial charge on any atom is 0.573 e. The van der Waals surface area contributed by atoms with Gasteiger partial charge in [-0.1, -0.05) is 18.2 Å². The number of rotatable bonds is 2. The molecule has 2 rings (SSSR count). The first-order valence-electron chi connectivity index (χ1n) is 5.83. The predicted molar refractivity (Wildman–Crippen MR) is 65.2 cm³/mol. The molecule has 2 aromatic carbocycles. The molecule has 8 heteroatoms. The first kappa shape index (κ1) is 16.0. The van der Waals surface area contributed by atoms with Crippen LogP contribution in [0.2, 0.25) is 0 Å². The number of benzene rings is 2. The van der Waals surface area contributed by atoms with Gasteiger partial charge in [0, 0.05) is 5.56 Å². The van der Waals surface area contributed by atoms with Crippen molar-refractivity contribution in [2.75, 3.05) is 0 Å². The summed E-state index contributed by atoms with van der Waals surface area (Å²) in [4.78, 5) is 0. The lowest BCUT2D eigenvalue weighted by molar-refractivity contribution is -0.274. The Balaban J connectivity index is 2.56. The summed E-state index contributed by atoms with van der Waals surface area (Å²) in [6.07, 6.45) is -9.74. The van der Waals surface area contributed by atoms with Crippen molar-refractivity contribution in [3.63, 3.8) is 0 Å². The summed E-state index contributed by atoms with van der Waals surface area (Å²) in [6, 6.07) is 6.71. The number of phenolic OH excluding ortho intramolecular Hbond substituents is 1. The fourth-order valence-corrected chi connectivity index (χ4v) is 1.93. The van der Waals surface area contributed by atoms with Gasteiger partial charge in [0.25, 0.3) is 0 Å². The van der Waals surface area contributed by atoms with E-state index < -0.39 is 35.2 Å². The van der Waals surface area contributed by atoms with Crippen molar-refractivity contribution < 1.29 is 36.2 Å². The zero-order valence-corrected chi connectivity index (χ0v) is 10.7. The third kappa shape index (κ3) is 3.63. The molecule has 2 aromatic rings. The monoisotopic (exact) mass is 322 g/mol. The highest BCUT2D eigenvalue weighted by molar-refractivity contribution is 5.75. The van der Waals surface area contributed by atoms with Gasteiger partial charge in [-0.3, -0.25) is 0 Å². The molecule has 0 radical (unpaired) electrons. The van der Waals surface area contributed by atoms with E-state index in [2.05, 4.69) is 4.74 Å². The Morgan fingerprint density at radius 1 is 0.864 bits per heavy atom. The summed E-state index contributed by atoms with van der Waals surface area (Å²) in [6.45, 7) is 0. The van der Waals surface area contributed by atoms with Gasteiger partial charge in [0.15, 0.2) is 0 Å². The lowest BCUT2D eigenvalue weighted by atomic mass is 9.98. The van der Waals surface area contributed by atoms with E-state index in [-0.39, 0.29) is 5.56 Å². The SMILES string of the molecule is Oc1cccc(C(F)(F)F)c1-c1cccc(OC(F)(F)F)c1. The summed E-state index contributed by atoms with van der Waals surface area (Å²) in [5, 5.41) is 9.67. The Bertz CT molecular complexity index is 676. The van der Waals surface area contributed by atoms with E-state index in [0.29, 0.717) is 0 Å². The molecule has 0 aliphatic heterocycles. The first-order chi connectivity index (χ1) is 10.1. The Hall–Kier alpha value is -2.38. The summed E-state index contributed by atoms with van der Waals surface area (Å²) >= 11 is 0. The highest BCUT2D eigenvalue weighted by Crippen LogP contribution is 2.42. The Kier molecular flexibility index (Phi) is 3.95. The van der Waals surface area contributed by atoms with E-state index in [9.17, 15) is 31.4 Å². The van der Waals surface area contributed by atoms with Crippen molar-refractivity contribution in [2.45, 2.75) is 12.5 Å². The average molecular weight is 322 g/mol. The minimum absolute atomic E-state index is 0.243. The van der Waals surface area contributed by atoms with Gasteiger partial charge >= 0.3 is 12.5 Å². The number of ether oxygens (including phenoxy) is 1. The second kappa shape index (κ2) is 5.43. The van der Waals surface area contributed by atoms with Crippen molar-refractivity contribution in [3.8, 4) is 22.6 Å². The van der Waals surface area contributed by atoms with Gasteiger partial charge in [0.05, 0.1) is 5.56 Å². The number of alkyl halides is 6. The highest BCUT2D eigenvalue weighted by Gasteiger charge is 2.35. The average Bonchev–Trinajstić information content (AvgIpc) is 2.35. The molecule has 0 aliphatic rings. The van der Waals surface area contributed by atoms with Gasteiger partial charge < -0.3 is 9.84 Å². The van der Waals surface area contributed by atoms with Crippen LogP contribution in [0.4, 0.5) is 26.3 Å². The lowest BCUT2D eigenvalue weighted by Gasteiger charge is -2.15. The molecule has 1 N–H and O–H groups in total. The molecular formula is C14H8F6O2. The van der Waals surface area contributed by atoms with Crippen LogP contribution in [-0.4, -0.2) is 11.5 Å². The molecule has 0 heterocycles. The summed E-state index contributed by atoms with van der Waals surface area (Å²) in [7, 11) is 0. The molecule has 0 aliphatic carbocycles. The van der Waals surface area contributed by atoms with E-state index in [1.165, 1.54) is 0 Å². The molecular weight excluding hydrogens is 314 g/mol. The first-order valence-corrected chi connectivity index (χ1v) is 5.83. The number of hydrogen-bond donors (Lipinski definition) is 1. The van der Waals surface area contributed by atoms with Crippen LogP contribution in [0.3, 0.4) is 0 Å². The van der Waals surface area contributed by atoms with Crippen LogP contribution in [-0.2, 0) is 6.18 Å². The van der Waals surface area contributed by atoms with Gasteiger partial charge in [0.1, 0.15) is 11.5 Å². The van der Waals surface area contributed by atoms with Crippen LogP contribution in [0.25, 0.3) is 11.1 Å². The van der Waals surface area contributed by atoms with Crippen LogP contribution in [0.15, 0.2) is 42.5 Å². The topological polar surface area (TPSA) is 29.5 Å². The van der Waals surface area contributed by atoms with Crippen LogP contribution in [0.5, 0.6) is 11.5 Å². The Morgan fingerprint density at radius 2 is 1.50 bits per heavy atom. The number of phenols is 1. The molecule has 0 atom stereocenters. The highest BCUT2D eigenvalue weighted by atomic mass is 19.4. The largest absolute Gasteiger partial charge is 0.573 e. The Labute approximate surface area is 120 Å². The molecule has 0 amide bonds. The summed E-state index contributed by atoms with van der Waals surface area (Å²) < 4.78 is 79.1. The van der Waals surface area contributed by atoms with Crippen LogP contribution in [0.1, 0.15) is 5.56 Å². The summed E-state index contributed by atoms with van der Waals surface area (Å²) in [5.74, 6) is -1.37. The predicted octanol–water partition coefficient (Wildman–Crippen LogP) is 4.98. The third-order valence-electron chi connectivity index (χ3n) is 2.70. The Morgan fingerprint density at radius 3 is 2.09 bits per heavy atom. The van der Waals surface area contributed by atoms with Gasteiger partial charge in [-0.25, -0.2) is 0 Å². The smallest absolute Gasteiger partial charge is 0.507 e. The molecule has 0 saturated heterocycles. The molecule has 0 fully saturated rings. The second-order valence-corrected chi connectivity index (χ2v) is 4.27. The van der Waals surface area contributed by atoms with E-state index in [1.54, 1.807) is 0 Å². The molecule has 0 spiro atoms. The number of halogens is 6. The van der Waals surface area contributed by atoms with Gasteiger partial charge in [-0.15, -0.1) is 13.2 Å². The van der Waals surface area contributed by atoms with Crippen LogP contribution >= 0.6 is 0 Å². The number of aromatic hydroxyl groups is 1. The zero-order chi connectivity index (χ0) is 16.5. The maximum absolute atomic E-state index is 13.0. The van der Waals surface area contributed by atoms with E-state index in [1.807, 2.05) is 0 Å². The van der Waals surface area contributed by atoms with Crippen molar-refractivity contribution in [2.24, 2.45) is 0 Å². The minimum Gasteiger partial charge on any atom is -0.507 e. The molecule has 0 unspecified atom stereocenters. The van der Waals surface area contributed by atoms with Gasteiger partial charge in [-0.2, -0.15) is 13.2 Å². The van der Waals surface area contributed by atoms with Crippen LogP contribution in [0, 0.1) is 0 Å². The lowest BCUT2D eigenvalue weighted by Crippen LogP contribution is -2.17. The molecule has 118 valence electrons. The molecule has 22 heavy (non-hydrogen) atoms.